The zero-order valence-corrected chi connectivity index (χ0v) is 17.0. The van der Waals surface area contributed by atoms with Crippen LogP contribution in [0.1, 0.15) is 39.3 Å². The van der Waals surface area contributed by atoms with E-state index in [1.165, 1.54) is 21.8 Å². The van der Waals surface area contributed by atoms with Gasteiger partial charge in [-0.05, 0) is 49.2 Å². The van der Waals surface area contributed by atoms with Crippen molar-refractivity contribution in [3.63, 3.8) is 0 Å². The summed E-state index contributed by atoms with van der Waals surface area (Å²) in [7, 11) is 0. The fourth-order valence-electron chi connectivity index (χ4n) is 2.93. The van der Waals surface area contributed by atoms with Gasteiger partial charge in [0.25, 0.3) is 5.91 Å². The smallest absolute Gasteiger partial charge is 0.263 e. The summed E-state index contributed by atoms with van der Waals surface area (Å²) < 4.78 is 0. The number of carbonyl (C=O) groups excluding carboxylic acids is 2. The number of aryl methyl sites for hydroxylation is 1. The predicted molar refractivity (Wildman–Crippen MR) is 106 cm³/mol. The first-order valence-electron chi connectivity index (χ1n) is 8.35. The van der Waals surface area contributed by atoms with E-state index >= 15 is 0 Å². The molecule has 2 amide bonds. The lowest BCUT2D eigenvalue weighted by Gasteiger charge is -2.27. The standard InChI is InChI=1S/C18H22N2O2S3/c1-4-19(17(22)14-6-5-10-23-14)8-9-20-16(21)13(3)25-18(20)15-12(2)7-11-24-15/h5-7,10-11,13,18H,4,8-9H2,1-3H3/t13-,18-/m1/s1. The molecule has 3 rings (SSSR count). The van der Waals surface area contributed by atoms with Gasteiger partial charge in [0.15, 0.2) is 0 Å². The number of amides is 2. The van der Waals surface area contributed by atoms with Gasteiger partial charge in [-0.2, -0.15) is 0 Å². The fourth-order valence-corrected chi connectivity index (χ4v) is 6.17. The molecule has 25 heavy (non-hydrogen) atoms. The first-order valence-corrected chi connectivity index (χ1v) is 11.1. The van der Waals surface area contributed by atoms with E-state index in [4.69, 9.17) is 0 Å². The third-order valence-corrected chi connectivity index (χ3v) is 7.82. The van der Waals surface area contributed by atoms with E-state index in [-0.39, 0.29) is 22.4 Å². The summed E-state index contributed by atoms with van der Waals surface area (Å²) in [6, 6.07) is 5.85. The Morgan fingerprint density at radius 1 is 1.28 bits per heavy atom. The molecule has 0 unspecified atom stereocenters. The number of hydrogen-bond acceptors (Lipinski definition) is 5. The number of thioether (sulfide) groups is 1. The van der Waals surface area contributed by atoms with Gasteiger partial charge < -0.3 is 9.80 Å². The highest BCUT2D eigenvalue weighted by molar-refractivity contribution is 8.01. The van der Waals surface area contributed by atoms with E-state index in [1.807, 2.05) is 41.2 Å². The van der Waals surface area contributed by atoms with E-state index in [2.05, 4.69) is 18.4 Å². The first-order chi connectivity index (χ1) is 12.0. The van der Waals surface area contributed by atoms with E-state index in [1.54, 1.807) is 23.1 Å². The number of thiophene rings is 2. The minimum Gasteiger partial charge on any atom is -0.336 e. The van der Waals surface area contributed by atoms with Gasteiger partial charge in [-0.15, -0.1) is 34.4 Å². The molecule has 0 spiro atoms. The number of carbonyl (C=O) groups is 2. The third kappa shape index (κ3) is 3.78. The molecule has 1 aliphatic rings. The third-order valence-electron chi connectivity index (χ3n) is 4.38. The van der Waals surface area contributed by atoms with Gasteiger partial charge in [-0.3, -0.25) is 9.59 Å². The monoisotopic (exact) mass is 394 g/mol. The van der Waals surface area contributed by atoms with Gasteiger partial charge in [0.05, 0.1) is 10.1 Å². The van der Waals surface area contributed by atoms with Gasteiger partial charge in [0, 0.05) is 24.5 Å². The van der Waals surface area contributed by atoms with Crippen molar-refractivity contribution in [1.82, 2.24) is 9.80 Å². The maximum absolute atomic E-state index is 12.6. The molecule has 1 saturated heterocycles. The van der Waals surface area contributed by atoms with Crippen LogP contribution in [-0.2, 0) is 4.79 Å². The van der Waals surface area contributed by atoms with Crippen molar-refractivity contribution in [2.75, 3.05) is 19.6 Å². The van der Waals surface area contributed by atoms with Crippen LogP contribution in [0.2, 0.25) is 0 Å². The lowest BCUT2D eigenvalue weighted by molar-refractivity contribution is -0.129. The van der Waals surface area contributed by atoms with Crippen LogP contribution in [0.25, 0.3) is 0 Å². The summed E-state index contributed by atoms with van der Waals surface area (Å²) in [5.74, 6) is 0.219. The Morgan fingerprint density at radius 3 is 2.68 bits per heavy atom. The molecule has 7 heteroatoms. The fraction of sp³-hybridized carbons (Fsp3) is 0.444. The van der Waals surface area contributed by atoms with Crippen molar-refractivity contribution in [1.29, 1.82) is 0 Å². The Kier molecular flexibility index (Phi) is 5.86. The normalized spacial score (nSPS) is 20.3. The van der Waals surface area contributed by atoms with E-state index < -0.39 is 0 Å². The number of rotatable bonds is 6. The van der Waals surface area contributed by atoms with Gasteiger partial charge in [-0.25, -0.2) is 0 Å². The van der Waals surface area contributed by atoms with Crippen LogP contribution in [0.3, 0.4) is 0 Å². The molecule has 2 atom stereocenters. The number of hydrogen-bond donors (Lipinski definition) is 0. The molecule has 4 nitrogen and oxygen atoms in total. The Labute approximate surface area is 160 Å². The van der Waals surface area contributed by atoms with Gasteiger partial charge in [0.2, 0.25) is 5.91 Å². The Hall–Kier alpha value is -1.31. The van der Waals surface area contributed by atoms with E-state index in [9.17, 15) is 9.59 Å². The number of nitrogens with zero attached hydrogens (tertiary/aromatic N) is 2. The molecule has 0 saturated carbocycles. The molecule has 0 aromatic carbocycles. The Morgan fingerprint density at radius 2 is 2.08 bits per heavy atom. The van der Waals surface area contributed by atoms with Crippen molar-refractivity contribution < 1.29 is 9.59 Å². The maximum atomic E-state index is 12.6. The van der Waals surface area contributed by atoms with Gasteiger partial charge in [0.1, 0.15) is 5.37 Å². The van der Waals surface area contributed by atoms with Crippen LogP contribution in [0.5, 0.6) is 0 Å². The highest BCUT2D eigenvalue weighted by Gasteiger charge is 2.39. The van der Waals surface area contributed by atoms with Crippen LogP contribution in [0.4, 0.5) is 0 Å². The van der Waals surface area contributed by atoms with Crippen LogP contribution < -0.4 is 0 Å². The summed E-state index contributed by atoms with van der Waals surface area (Å²) in [6.45, 7) is 7.82. The lowest BCUT2D eigenvalue weighted by Crippen LogP contribution is -2.40. The molecule has 1 aliphatic heterocycles. The molecule has 134 valence electrons. The van der Waals surface area contributed by atoms with Crippen LogP contribution in [-0.4, -0.2) is 46.5 Å². The largest absolute Gasteiger partial charge is 0.336 e. The average molecular weight is 395 g/mol. The van der Waals surface area contributed by atoms with Crippen LogP contribution >= 0.6 is 34.4 Å². The second-order valence-electron chi connectivity index (χ2n) is 5.99. The van der Waals surface area contributed by atoms with Crippen molar-refractivity contribution in [3.8, 4) is 0 Å². The summed E-state index contributed by atoms with van der Waals surface area (Å²) in [6.07, 6.45) is 0. The summed E-state index contributed by atoms with van der Waals surface area (Å²) >= 11 is 4.87. The molecule has 0 bridgehead atoms. The van der Waals surface area contributed by atoms with Crippen molar-refractivity contribution in [2.45, 2.75) is 31.4 Å². The zero-order valence-electron chi connectivity index (χ0n) is 14.6. The Balaban J connectivity index is 1.72. The first kappa shape index (κ1) is 18.5. The SMILES string of the molecule is CCN(CCN1C(=O)[C@@H](C)S[C@@H]1c1sccc1C)C(=O)c1cccs1. The number of likely N-dealkylation sites (N-methyl/N-ethyl adjacent to an activating group) is 1. The molecule has 3 heterocycles. The second kappa shape index (κ2) is 7.93. The van der Waals surface area contributed by atoms with Crippen molar-refractivity contribution >= 4 is 46.2 Å². The highest BCUT2D eigenvalue weighted by Crippen LogP contribution is 2.45. The zero-order chi connectivity index (χ0) is 18.0. The quantitative estimate of drug-likeness (QED) is 0.736. The second-order valence-corrected chi connectivity index (χ2v) is 9.31. The summed E-state index contributed by atoms with van der Waals surface area (Å²) in [4.78, 5) is 31.0. The molecule has 0 radical (unpaired) electrons. The highest BCUT2D eigenvalue weighted by atomic mass is 32.2. The minimum absolute atomic E-state index is 0.0328. The van der Waals surface area contributed by atoms with Crippen molar-refractivity contribution in [3.05, 3.63) is 44.3 Å². The molecule has 1 fully saturated rings. The molecule has 2 aromatic heterocycles. The minimum atomic E-state index is -0.0328. The summed E-state index contributed by atoms with van der Waals surface area (Å²) in [5.41, 5.74) is 1.23. The molecular weight excluding hydrogens is 372 g/mol. The molecule has 2 aromatic rings. The van der Waals surface area contributed by atoms with E-state index in [0.29, 0.717) is 19.6 Å². The van der Waals surface area contributed by atoms with E-state index in [0.717, 1.165) is 4.88 Å². The molecule has 0 aliphatic carbocycles. The lowest BCUT2D eigenvalue weighted by atomic mass is 10.2. The van der Waals surface area contributed by atoms with Gasteiger partial charge in [-0.1, -0.05) is 6.07 Å². The summed E-state index contributed by atoms with van der Waals surface area (Å²) in [5, 5.41) is 4.03. The molecule has 0 N–H and O–H groups in total. The topological polar surface area (TPSA) is 40.6 Å². The van der Waals surface area contributed by atoms with Crippen LogP contribution in [0.15, 0.2) is 29.0 Å². The van der Waals surface area contributed by atoms with Gasteiger partial charge >= 0.3 is 0 Å². The van der Waals surface area contributed by atoms with Crippen molar-refractivity contribution in [2.24, 2.45) is 0 Å². The Bertz CT molecular complexity index is 741. The predicted octanol–water partition coefficient (Wildman–Crippen LogP) is 4.24. The average Bonchev–Trinajstić information content (AvgIpc) is 3.32. The maximum Gasteiger partial charge on any atom is 0.263 e. The molecular formula is C18H22N2O2S3. The van der Waals surface area contributed by atoms with Crippen LogP contribution in [0, 0.1) is 6.92 Å².